The number of anilines is 2. The number of thioether (sulfide) groups is 1. The van der Waals surface area contributed by atoms with Gasteiger partial charge in [-0.1, -0.05) is 0 Å². The molecule has 3 N–H and O–H groups in total. The first-order valence-corrected chi connectivity index (χ1v) is 8.70. The summed E-state index contributed by atoms with van der Waals surface area (Å²) in [4.78, 5) is 13.6. The predicted octanol–water partition coefficient (Wildman–Crippen LogP) is 3.06. The van der Waals surface area contributed by atoms with Gasteiger partial charge in [0.05, 0.1) is 11.4 Å². The Morgan fingerprint density at radius 3 is 2.52 bits per heavy atom. The standard InChI is InChI=1S/C16H25N3OS/c1-19(2)16(20)11-4-9-14(17)15(10-11)18-12-5-7-13(21-3)8-6-12/h4,9-10,12-13,18H,5-8,17H2,1-3H3. The van der Waals surface area contributed by atoms with Crippen molar-refractivity contribution >= 4 is 29.0 Å². The van der Waals surface area contributed by atoms with Crippen molar-refractivity contribution in [2.45, 2.75) is 37.0 Å². The third-order valence-corrected chi connectivity index (χ3v) is 5.21. The average Bonchev–Trinajstić information content (AvgIpc) is 2.49. The van der Waals surface area contributed by atoms with Crippen LogP contribution < -0.4 is 11.1 Å². The summed E-state index contributed by atoms with van der Waals surface area (Å²) in [5, 5.41) is 4.32. The van der Waals surface area contributed by atoms with Gasteiger partial charge in [-0.25, -0.2) is 0 Å². The van der Waals surface area contributed by atoms with Crippen LogP contribution in [-0.2, 0) is 0 Å². The summed E-state index contributed by atoms with van der Waals surface area (Å²) >= 11 is 1.96. The average molecular weight is 307 g/mol. The summed E-state index contributed by atoms with van der Waals surface area (Å²) in [6, 6.07) is 5.93. The van der Waals surface area contributed by atoms with Gasteiger partial charge in [0.2, 0.25) is 0 Å². The number of amides is 1. The van der Waals surface area contributed by atoms with Gasteiger partial charge in [0.1, 0.15) is 0 Å². The largest absolute Gasteiger partial charge is 0.397 e. The van der Waals surface area contributed by atoms with Crippen LogP contribution >= 0.6 is 11.8 Å². The van der Waals surface area contributed by atoms with E-state index in [0.29, 0.717) is 17.3 Å². The maximum Gasteiger partial charge on any atom is 0.253 e. The molecule has 2 rings (SSSR count). The van der Waals surface area contributed by atoms with Gasteiger partial charge in [-0.05, 0) is 50.1 Å². The van der Waals surface area contributed by atoms with Crippen molar-refractivity contribution in [1.82, 2.24) is 4.90 Å². The van der Waals surface area contributed by atoms with Crippen molar-refractivity contribution in [3.05, 3.63) is 23.8 Å². The molecule has 1 aliphatic rings. The fourth-order valence-corrected chi connectivity index (χ4v) is 3.48. The lowest BCUT2D eigenvalue weighted by atomic mass is 9.94. The van der Waals surface area contributed by atoms with E-state index in [1.165, 1.54) is 12.8 Å². The molecule has 0 spiro atoms. The molecule has 1 fully saturated rings. The second kappa shape index (κ2) is 7.07. The minimum Gasteiger partial charge on any atom is -0.397 e. The molecule has 0 bridgehead atoms. The molecule has 0 unspecified atom stereocenters. The van der Waals surface area contributed by atoms with Gasteiger partial charge < -0.3 is 16.0 Å². The summed E-state index contributed by atoms with van der Waals surface area (Å²) in [5.41, 5.74) is 8.31. The molecular weight excluding hydrogens is 282 g/mol. The van der Waals surface area contributed by atoms with Gasteiger partial charge in [-0.2, -0.15) is 11.8 Å². The lowest BCUT2D eigenvalue weighted by Crippen LogP contribution is -2.27. The van der Waals surface area contributed by atoms with Crippen molar-refractivity contribution in [1.29, 1.82) is 0 Å². The normalized spacial score (nSPS) is 21.9. The second-order valence-electron chi connectivity index (χ2n) is 5.86. The number of nitrogens with one attached hydrogen (secondary N) is 1. The molecule has 0 saturated heterocycles. The highest BCUT2D eigenvalue weighted by Crippen LogP contribution is 2.30. The van der Waals surface area contributed by atoms with Crippen LogP contribution in [0.1, 0.15) is 36.0 Å². The van der Waals surface area contributed by atoms with Crippen LogP contribution in [0.3, 0.4) is 0 Å². The molecule has 0 radical (unpaired) electrons. The Bertz CT molecular complexity index is 496. The predicted molar refractivity (Wildman–Crippen MR) is 92.1 cm³/mol. The molecule has 1 aromatic carbocycles. The van der Waals surface area contributed by atoms with Crippen molar-refractivity contribution in [2.24, 2.45) is 0 Å². The minimum absolute atomic E-state index is 0.00383. The second-order valence-corrected chi connectivity index (χ2v) is 6.99. The van der Waals surface area contributed by atoms with Crippen LogP contribution in [-0.4, -0.2) is 42.4 Å². The van der Waals surface area contributed by atoms with Gasteiger partial charge in [0, 0.05) is 31.0 Å². The van der Waals surface area contributed by atoms with E-state index in [0.717, 1.165) is 23.8 Å². The third-order valence-electron chi connectivity index (χ3n) is 4.07. The first kappa shape index (κ1) is 16.0. The first-order valence-electron chi connectivity index (χ1n) is 7.41. The highest BCUT2D eigenvalue weighted by Gasteiger charge is 2.21. The fourth-order valence-electron chi connectivity index (χ4n) is 2.74. The maximum absolute atomic E-state index is 12.0. The van der Waals surface area contributed by atoms with Crippen molar-refractivity contribution < 1.29 is 4.79 Å². The number of hydrogen-bond donors (Lipinski definition) is 2. The van der Waals surface area contributed by atoms with Gasteiger partial charge in [0.25, 0.3) is 5.91 Å². The number of nitrogen functional groups attached to an aromatic ring is 1. The van der Waals surface area contributed by atoms with Gasteiger partial charge in [0.15, 0.2) is 0 Å². The zero-order valence-electron chi connectivity index (χ0n) is 13.1. The highest BCUT2D eigenvalue weighted by molar-refractivity contribution is 7.99. The molecule has 21 heavy (non-hydrogen) atoms. The van der Waals surface area contributed by atoms with Gasteiger partial charge >= 0.3 is 0 Å². The van der Waals surface area contributed by atoms with E-state index in [1.807, 2.05) is 23.9 Å². The molecule has 0 aromatic heterocycles. The summed E-state index contributed by atoms with van der Waals surface area (Å²) in [5.74, 6) is 0.00383. The number of carbonyl (C=O) groups is 1. The summed E-state index contributed by atoms with van der Waals surface area (Å²) in [7, 11) is 3.52. The maximum atomic E-state index is 12.0. The zero-order chi connectivity index (χ0) is 15.4. The monoisotopic (exact) mass is 307 g/mol. The topological polar surface area (TPSA) is 58.4 Å². The van der Waals surface area contributed by atoms with E-state index in [-0.39, 0.29) is 5.91 Å². The Morgan fingerprint density at radius 1 is 1.29 bits per heavy atom. The molecule has 116 valence electrons. The van der Waals surface area contributed by atoms with Crippen LogP contribution in [0.15, 0.2) is 18.2 Å². The number of hydrogen-bond acceptors (Lipinski definition) is 4. The number of rotatable bonds is 4. The van der Waals surface area contributed by atoms with E-state index in [4.69, 9.17) is 5.73 Å². The van der Waals surface area contributed by atoms with Crippen molar-refractivity contribution in [2.75, 3.05) is 31.4 Å². The smallest absolute Gasteiger partial charge is 0.253 e. The summed E-state index contributed by atoms with van der Waals surface area (Å²) in [6.07, 6.45) is 7.00. The van der Waals surface area contributed by atoms with Crippen molar-refractivity contribution in [3.63, 3.8) is 0 Å². The Kier molecular flexibility index (Phi) is 5.39. The van der Waals surface area contributed by atoms with Crippen LogP contribution in [0.4, 0.5) is 11.4 Å². The Morgan fingerprint density at radius 2 is 1.95 bits per heavy atom. The molecule has 0 heterocycles. The van der Waals surface area contributed by atoms with Crippen LogP contribution in [0, 0.1) is 0 Å². The van der Waals surface area contributed by atoms with Crippen molar-refractivity contribution in [3.8, 4) is 0 Å². The van der Waals surface area contributed by atoms with E-state index in [1.54, 1.807) is 25.1 Å². The van der Waals surface area contributed by atoms with Gasteiger partial charge in [-0.15, -0.1) is 0 Å². The summed E-state index contributed by atoms with van der Waals surface area (Å²) in [6.45, 7) is 0. The van der Waals surface area contributed by atoms with Crippen LogP contribution in [0.25, 0.3) is 0 Å². The molecule has 4 nitrogen and oxygen atoms in total. The Labute approximate surface area is 131 Å². The first-order chi connectivity index (χ1) is 10.0. The fraction of sp³-hybridized carbons (Fsp3) is 0.562. The molecule has 1 aliphatic carbocycles. The SMILES string of the molecule is CSC1CCC(Nc2cc(C(=O)N(C)C)ccc2N)CC1. The molecule has 1 saturated carbocycles. The zero-order valence-corrected chi connectivity index (χ0v) is 13.9. The minimum atomic E-state index is 0.00383. The molecule has 1 aromatic rings. The number of nitrogens with zero attached hydrogens (tertiary/aromatic N) is 1. The Hall–Kier alpha value is -1.36. The van der Waals surface area contributed by atoms with E-state index >= 15 is 0 Å². The lowest BCUT2D eigenvalue weighted by Gasteiger charge is -2.29. The Balaban J connectivity index is 2.06. The van der Waals surface area contributed by atoms with E-state index < -0.39 is 0 Å². The molecule has 0 aliphatic heterocycles. The molecule has 0 atom stereocenters. The third kappa shape index (κ3) is 4.06. The van der Waals surface area contributed by atoms with Crippen LogP contribution in [0.2, 0.25) is 0 Å². The number of nitrogens with two attached hydrogens (primary N) is 1. The number of benzene rings is 1. The lowest BCUT2D eigenvalue weighted by molar-refractivity contribution is 0.0827. The molecule has 1 amide bonds. The highest BCUT2D eigenvalue weighted by atomic mass is 32.2. The van der Waals surface area contributed by atoms with Crippen LogP contribution in [0.5, 0.6) is 0 Å². The molecular formula is C16H25N3OS. The van der Waals surface area contributed by atoms with E-state index in [9.17, 15) is 4.79 Å². The quantitative estimate of drug-likeness (QED) is 0.839. The van der Waals surface area contributed by atoms with Gasteiger partial charge in [-0.3, -0.25) is 4.79 Å². The van der Waals surface area contributed by atoms with E-state index in [2.05, 4.69) is 11.6 Å². The number of carbonyl (C=O) groups excluding carboxylic acids is 1. The summed E-state index contributed by atoms with van der Waals surface area (Å²) < 4.78 is 0. The molecule has 5 heteroatoms.